The lowest BCUT2D eigenvalue weighted by atomic mass is 10.0. The molecule has 96 valence electrons. The number of esters is 1. The summed E-state index contributed by atoms with van der Waals surface area (Å²) in [6.45, 7) is 0. The van der Waals surface area contributed by atoms with E-state index in [-0.39, 0.29) is 5.56 Å². The third kappa shape index (κ3) is 3.23. The molecule has 0 spiro atoms. The average Bonchev–Trinajstić information content (AvgIpc) is 2.37. The number of aromatic nitrogens is 1. The third-order valence-corrected chi connectivity index (χ3v) is 2.28. The molecule has 1 rings (SSSR count). The highest BCUT2D eigenvalue weighted by molar-refractivity contribution is 5.69. The Balaban J connectivity index is 2.84. The van der Waals surface area contributed by atoms with E-state index in [4.69, 9.17) is 5.26 Å². The summed E-state index contributed by atoms with van der Waals surface area (Å²) >= 11 is 0. The van der Waals surface area contributed by atoms with Gasteiger partial charge in [-0.15, -0.1) is 0 Å². The number of aliphatic hydroxyl groups excluding tert-OH is 2. The Morgan fingerprint density at radius 2 is 2.33 bits per heavy atom. The van der Waals surface area contributed by atoms with Gasteiger partial charge in [-0.25, -0.2) is 9.37 Å². The number of rotatable bonds is 4. The number of halogens is 1. The Kier molecular flexibility index (Phi) is 4.71. The summed E-state index contributed by atoms with van der Waals surface area (Å²) in [5.41, 5.74) is -0.434. The van der Waals surface area contributed by atoms with Crippen molar-refractivity contribution < 1.29 is 24.1 Å². The number of hydrogen-bond donors (Lipinski definition) is 2. The number of nitrogens with zero attached hydrogens (tertiary/aromatic N) is 2. The first-order chi connectivity index (χ1) is 8.49. The lowest BCUT2D eigenvalue weighted by Gasteiger charge is -2.16. The third-order valence-electron chi connectivity index (χ3n) is 2.28. The van der Waals surface area contributed by atoms with Crippen LogP contribution in [0.25, 0.3) is 0 Å². The summed E-state index contributed by atoms with van der Waals surface area (Å²) in [6.07, 6.45) is -2.29. The smallest absolute Gasteiger partial charge is 0.308 e. The van der Waals surface area contributed by atoms with Gasteiger partial charge in [0.05, 0.1) is 19.6 Å². The molecule has 2 unspecified atom stereocenters. The number of nitriles is 1. The fraction of sp³-hybridized carbons (Fsp3) is 0.364. The van der Waals surface area contributed by atoms with E-state index in [1.165, 1.54) is 6.07 Å². The molecular formula is C11H11FN2O4. The average molecular weight is 254 g/mol. The van der Waals surface area contributed by atoms with Crippen LogP contribution in [0.2, 0.25) is 0 Å². The molecule has 0 amide bonds. The Morgan fingerprint density at radius 3 is 2.83 bits per heavy atom. The van der Waals surface area contributed by atoms with Crippen molar-refractivity contribution >= 4 is 5.97 Å². The van der Waals surface area contributed by atoms with Gasteiger partial charge in [0.15, 0.2) is 11.5 Å². The molecule has 1 aromatic heterocycles. The van der Waals surface area contributed by atoms with Crippen molar-refractivity contribution in [1.82, 2.24) is 4.98 Å². The Hall–Kier alpha value is -2.04. The summed E-state index contributed by atoms with van der Waals surface area (Å²) in [6, 6.07) is 2.41. The minimum atomic E-state index is -1.49. The van der Waals surface area contributed by atoms with Crippen molar-refractivity contribution in [2.24, 2.45) is 0 Å². The van der Waals surface area contributed by atoms with Crippen LogP contribution in [0.1, 0.15) is 23.8 Å². The molecule has 2 N–H and O–H groups in total. The molecule has 0 aliphatic carbocycles. The van der Waals surface area contributed by atoms with E-state index in [0.717, 1.165) is 19.4 Å². The van der Waals surface area contributed by atoms with Crippen LogP contribution in [-0.2, 0) is 9.53 Å². The summed E-state index contributed by atoms with van der Waals surface area (Å²) in [5.74, 6) is -1.61. The molecule has 0 aliphatic heterocycles. The van der Waals surface area contributed by atoms with Crippen LogP contribution >= 0.6 is 0 Å². The summed E-state index contributed by atoms with van der Waals surface area (Å²) in [7, 11) is 1.14. The van der Waals surface area contributed by atoms with Crippen molar-refractivity contribution in [1.29, 1.82) is 5.26 Å². The second kappa shape index (κ2) is 6.05. The van der Waals surface area contributed by atoms with Crippen LogP contribution in [0, 0.1) is 17.1 Å². The molecular weight excluding hydrogens is 243 g/mol. The van der Waals surface area contributed by atoms with E-state index in [1.807, 2.05) is 0 Å². The molecule has 18 heavy (non-hydrogen) atoms. The predicted molar refractivity (Wildman–Crippen MR) is 56.5 cm³/mol. The molecule has 0 bridgehead atoms. The molecule has 1 heterocycles. The SMILES string of the molecule is COC(=O)CC(O)C(O)c1cnc(C#N)c(F)c1. The molecule has 7 heteroatoms. The highest BCUT2D eigenvalue weighted by atomic mass is 19.1. The first kappa shape index (κ1) is 14.0. The molecule has 0 aromatic carbocycles. The van der Waals surface area contributed by atoms with Crippen molar-refractivity contribution in [2.45, 2.75) is 18.6 Å². The molecule has 0 saturated carbocycles. The van der Waals surface area contributed by atoms with Crippen LogP contribution < -0.4 is 0 Å². The molecule has 0 radical (unpaired) electrons. The molecule has 0 fully saturated rings. The van der Waals surface area contributed by atoms with Crippen molar-refractivity contribution in [3.8, 4) is 6.07 Å². The van der Waals surface area contributed by atoms with Crippen LogP contribution in [-0.4, -0.2) is 34.4 Å². The molecule has 0 saturated heterocycles. The maximum absolute atomic E-state index is 13.2. The number of aliphatic hydroxyl groups is 2. The first-order valence-corrected chi connectivity index (χ1v) is 4.98. The van der Waals surface area contributed by atoms with E-state index >= 15 is 0 Å². The standard InChI is InChI=1S/C11H11FN2O4/c1-18-10(16)3-9(15)11(17)6-2-7(12)8(4-13)14-5-6/h2,5,9,11,15,17H,3H2,1H3. The van der Waals surface area contributed by atoms with Gasteiger partial charge in [-0.1, -0.05) is 0 Å². The Bertz CT molecular complexity index is 486. The van der Waals surface area contributed by atoms with Crippen LogP contribution in [0.4, 0.5) is 4.39 Å². The fourth-order valence-corrected chi connectivity index (χ4v) is 1.28. The zero-order valence-corrected chi connectivity index (χ0v) is 9.50. The van der Waals surface area contributed by atoms with Crippen LogP contribution in [0.3, 0.4) is 0 Å². The number of carbonyl (C=O) groups is 1. The Morgan fingerprint density at radius 1 is 1.67 bits per heavy atom. The zero-order valence-electron chi connectivity index (χ0n) is 9.50. The molecule has 2 atom stereocenters. The van der Waals surface area contributed by atoms with Crippen molar-refractivity contribution in [3.05, 3.63) is 29.3 Å². The van der Waals surface area contributed by atoms with Crippen LogP contribution in [0.15, 0.2) is 12.3 Å². The van der Waals surface area contributed by atoms with E-state index in [1.54, 1.807) is 0 Å². The van der Waals surface area contributed by atoms with Gasteiger partial charge in [0.2, 0.25) is 0 Å². The monoisotopic (exact) mass is 254 g/mol. The largest absolute Gasteiger partial charge is 0.469 e. The van der Waals surface area contributed by atoms with E-state index < -0.39 is 36.1 Å². The molecule has 0 aliphatic rings. The minimum Gasteiger partial charge on any atom is -0.469 e. The zero-order chi connectivity index (χ0) is 13.7. The normalized spacial score (nSPS) is 13.5. The quantitative estimate of drug-likeness (QED) is 0.736. The second-order valence-electron chi connectivity index (χ2n) is 3.50. The highest BCUT2D eigenvalue weighted by Gasteiger charge is 2.23. The van der Waals surface area contributed by atoms with Gasteiger partial charge >= 0.3 is 5.97 Å². The Labute approximate surface area is 102 Å². The summed E-state index contributed by atoms with van der Waals surface area (Å²) in [4.78, 5) is 14.4. The lowest BCUT2D eigenvalue weighted by Crippen LogP contribution is -2.23. The van der Waals surface area contributed by atoms with E-state index in [9.17, 15) is 19.4 Å². The number of pyridine rings is 1. The van der Waals surface area contributed by atoms with E-state index in [2.05, 4.69) is 9.72 Å². The van der Waals surface area contributed by atoms with Crippen molar-refractivity contribution in [3.63, 3.8) is 0 Å². The van der Waals surface area contributed by atoms with Gasteiger partial charge in [0.25, 0.3) is 0 Å². The lowest BCUT2D eigenvalue weighted by molar-refractivity contribution is -0.144. The topological polar surface area (TPSA) is 103 Å². The van der Waals surface area contributed by atoms with Gasteiger partial charge in [0, 0.05) is 11.8 Å². The number of hydrogen-bond acceptors (Lipinski definition) is 6. The highest BCUT2D eigenvalue weighted by Crippen LogP contribution is 2.20. The molecule has 6 nitrogen and oxygen atoms in total. The van der Waals surface area contributed by atoms with E-state index in [0.29, 0.717) is 0 Å². The van der Waals surface area contributed by atoms with Crippen molar-refractivity contribution in [2.75, 3.05) is 7.11 Å². The molecule has 1 aromatic rings. The summed E-state index contributed by atoms with van der Waals surface area (Å²) in [5, 5.41) is 27.7. The van der Waals surface area contributed by atoms with Crippen LogP contribution in [0.5, 0.6) is 0 Å². The van der Waals surface area contributed by atoms with Gasteiger partial charge in [-0.05, 0) is 6.07 Å². The number of carbonyl (C=O) groups excluding carboxylic acids is 1. The van der Waals surface area contributed by atoms with Gasteiger partial charge < -0.3 is 14.9 Å². The van der Waals surface area contributed by atoms with Gasteiger partial charge in [0.1, 0.15) is 12.2 Å². The number of methoxy groups -OCH3 is 1. The predicted octanol–water partition coefficient (Wildman–Crippen LogP) is 0.0498. The minimum absolute atomic E-state index is 0.0251. The second-order valence-corrected chi connectivity index (χ2v) is 3.50. The fourth-order valence-electron chi connectivity index (χ4n) is 1.28. The maximum atomic E-state index is 13.2. The first-order valence-electron chi connectivity index (χ1n) is 4.98. The summed E-state index contributed by atoms with van der Waals surface area (Å²) < 4.78 is 17.6. The number of ether oxygens (including phenoxy) is 1. The maximum Gasteiger partial charge on any atom is 0.308 e. The van der Waals surface area contributed by atoms with Gasteiger partial charge in [-0.3, -0.25) is 4.79 Å². The van der Waals surface area contributed by atoms with Gasteiger partial charge in [-0.2, -0.15) is 5.26 Å².